The van der Waals surface area contributed by atoms with Crippen LogP contribution in [0.25, 0.3) is 0 Å². The average molecular weight is 338 g/mol. The van der Waals surface area contributed by atoms with Gasteiger partial charge in [0.25, 0.3) is 0 Å². The number of carbonyl (C=O) groups is 1. The summed E-state index contributed by atoms with van der Waals surface area (Å²) in [7, 11) is 0. The van der Waals surface area contributed by atoms with Gasteiger partial charge in [-0.25, -0.2) is 0 Å². The molecule has 1 unspecified atom stereocenters. The Hall–Kier alpha value is -1.36. The molecule has 0 aromatic heterocycles. The molecule has 0 heterocycles. The van der Waals surface area contributed by atoms with Gasteiger partial charge in [0.2, 0.25) is 0 Å². The average Bonchev–Trinajstić information content (AvgIpc) is 2.83. The zero-order valence-electron chi connectivity index (χ0n) is 15.9. The summed E-state index contributed by atoms with van der Waals surface area (Å²) >= 11 is 0. The van der Waals surface area contributed by atoms with Crippen LogP contribution < -0.4 is 0 Å². The second-order valence-corrected chi connectivity index (χ2v) is 9.54. The Kier molecular flexibility index (Phi) is 3.98. The summed E-state index contributed by atoms with van der Waals surface area (Å²) in [5, 5.41) is 9.38. The Morgan fingerprint density at radius 3 is 2.84 bits per heavy atom. The maximum atomic E-state index is 12.2. The maximum Gasteiger partial charge on any atom is 0.172 e. The Labute approximate surface area is 152 Å². The predicted octanol–water partition coefficient (Wildman–Crippen LogP) is 5.32. The van der Waals surface area contributed by atoms with Gasteiger partial charge in [0, 0.05) is 0 Å². The molecular weight excluding hydrogens is 306 g/mol. The second kappa shape index (κ2) is 5.83. The van der Waals surface area contributed by atoms with E-state index in [-0.39, 0.29) is 5.78 Å². The third-order valence-corrected chi connectivity index (χ3v) is 8.53. The molecule has 3 saturated carbocycles. The molecule has 8 atom stereocenters. The van der Waals surface area contributed by atoms with Crippen LogP contribution in [0.5, 0.6) is 0 Å². The van der Waals surface area contributed by atoms with Crippen LogP contribution in [-0.4, -0.2) is 5.78 Å². The van der Waals surface area contributed by atoms with Crippen molar-refractivity contribution < 1.29 is 4.79 Å². The summed E-state index contributed by atoms with van der Waals surface area (Å²) in [5.74, 6) is 3.61. The van der Waals surface area contributed by atoms with Gasteiger partial charge in [-0.1, -0.05) is 38.5 Å². The molecule has 0 bridgehead atoms. The minimum absolute atomic E-state index is 0.0559. The highest BCUT2D eigenvalue weighted by atomic mass is 16.1. The number of hydrogen-bond acceptors (Lipinski definition) is 2. The molecular formula is C23H31NO. The molecule has 0 aromatic rings. The molecule has 2 nitrogen and oxygen atoms in total. The van der Waals surface area contributed by atoms with Crippen molar-refractivity contribution in [1.29, 1.82) is 5.26 Å². The molecule has 134 valence electrons. The van der Waals surface area contributed by atoms with Gasteiger partial charge in [-0.05, 0) is 85.5 Å². The maximum absolute atomic E-state index is 12.2. The normalized spacial score (nSPS) is 48.9. The van der Waals surface area contributed by atoms with Gasteiger partial charge in [-0.15, -0.1) is 0 Å². The van der Waals surface area contributed by atoms with Crippen molar-refractivity contribution in [2.24, 2.45) is 46.8 Å². The lowest BCUT2D eigenvalue weighted by molar-refractivity contribution is -0.119. The van der Waals surface area contributed by atoms with Crippen LogP contribution in [0.15, 0.2) is 23.8 Å². The standard InChI is InChI=1S/C23H31NO/c1-5-19-13(2)9-20-22-14(3)8-15-11-21(25)16(12-24)10-18(15)17(22)6-7-23(19,20)4/h11,14,16-20,22H,2,5-10H2,1,3-4H3/t14-,16?,17-,18+,19-,20+,22-,23-/m1/s1. The first-order valence-corrected chi connectivity index (χ1v) is 10.2. The fourth-order valence-corrected chi connectivity index (χ4v) is 7.53. The highest BCUT2D eigenvalue weighted by Crippen LogP contribution is 2.66. The number of nitrogens with zero attached hydrogens (tertiary/aromatic N) is 1. The van der Waals surface area contributed by atoms with Gasteiger partial charge in [0.1, 0.15) is 5.92 Å². The van der Waals surface area contributed by atoms with E-state index in [9.17, 15) is 10.1 Å². The highest BCUT2D eigenvalue weighted by molar-refractivity contribution is 5.95. The third-order valence-electron chi connectivity index (χ3n) is 8.53. The molecule has 0 spiro atoms. The first-order chi connectivity index (χ1) is 11.9. The van der Waals surface area contributed by atoms with Gasteiger partial charge < -0.3 is 0 Å². The van der Waals surface area contributed by atoms with Crippen LogP contribution in [0.2, 0.25) is 0 Å². The first-order valence-electron chi connectivity index (χ1n) is 10.2. The summed E-state index contributed by atoms with van der Waals surface area (Å²) in [6, 6.07) is 2.26. The lowest BCUT2D eigenvalue weighted by atomic mass is 9.48. The van der Waals surface area contributed by atoms with E-state index in [0.717, 1.165) is 24.7 Å². The van der Waals surface area contributed by atoms with E-state index in [1.54, 1.807) is 0 Å². The van der Waals surface area contributed by atoms with Crippen molar-refractivity contribution in [3.63, 3.8) is 0 Å². The van der Waals surface area contributed by atoms with E-state index in [4.69, 9.17) is 0 Å². The number of fused-ring (bicyclic) bond motifs is 5. The molecule has 4 aliphatic carbocycles. The van der Waals surface area contributed by atoms with E-state index < -0.39 is 5.92 Å². The minimum atomic E-state index is -0.405. The van der Waals surface area contributed by atoms with E-state index in [0.29, 0.717) is 29.1 Å². The number of nitriles is 1. The van der Waals surface area contributed by atoms with Gasteiger partial charge in [-0.2, -0.15) is 5.26 Å². The van der Waals surface area contributed by atoms with Crippen molar-refractivity contribution in [2.75, 3.05) is 0 Å². The molecule has 2 heteroatoms. The Bertz CT molecular complexity index is 683. The number of rotatable bonds is 1. The topological polar surface area (TPSA) is 40.9 Å². The summed E-state index contributed by atoms with van der Waals surface area (Å²) in [4.78, 5) is 12.2. The number of ketones is 1. The zero-order valence-corrected chi connectivity index (χ0v) is 15.9. The van der Waals surface area contributed by atoms with E-state index in [1.165, 1.54) is 36.8 Å². The molecule has 4 aliphatic rings. The third kappa shape index (κ3) is 2.31. The van der Waals surface area contributed by atoms with E-state index in [1.807, 2.05) is 6.08 Å². The van der Waals surface area contributed by atoms with Crippen LogP contribution in [0, 0.1) is 58.2 Å². The molecule has 0 aliphatic heterocycles. The second-order valence-electron chi connectivity index (χ2n) is 9.54. The summed E-state index contributed by atoms with van der Waals surface area (Å²) in [6.45, 7) is 11.7. The predicted molar refractivity (Wildman–Crippen MR) is 99.4 cm³/mol. The molecule has 0 aromatic carbocycles. The van der Waals surface area contributed by atoms with Crippen molar-refractivity contribution >= 4 is 5.78 Å². The largest absolute Gasteiger partial charge is 0.293 e. The van der Waals surface area contributed by atoms with Crippen LogP contribution >= 0.6 is 0 Å². The van der Waals surface area contributed by atoms with Gasteiger partial charge >= 0.3 is 0 Å². The number of allylic oxidation sites excluding steroid dienone is 2. The van der Waals surface area contributed by atoms with E-state index in [2.05, 4.69) is 33.4 Å². The number of hydrogen-bond donors (Lipinski definition) is 0. The summed E-state index contributed by atoms with van der Waals surface area (Å²) in [5.41, 5.74) is 3.26. The Morgan fingerprint density at radius 1 is 1.40 bits per heavy atom. The molecule has 3 fully saturated rings. The van der Waals surface area contributed by atoms with Crippen molar-refractivity contribution in [1.82, 2.24) is 0 Å². The van der Waals surface area contributed by atoms with Crippen molar-refractivity contribution in [3.8, 4) is 6.07 Å². The fraction of sp³-hybridized carbons (Fsp3) is 0.739. The quantitative estimate of drug-likeness (QED) is 0.608. The van der Waals surface area contributed by atoms with Crippen LogP contribution in [-0.2, 0) is 4.79 Å². The molecule has 0 radical (unpaired) electrons. The van der Waals surface area contributed by atoms with Crippen LogP contribution in [0.3, 0.4) is 0 Å². The van der Waals surface area contributed by atoms with Crippen LogP contribution in [0.1, 0.15) is 59.3 Å². The first kappa shape index (κ1) is 17.1. The minimum Gasteiger partial charge on any atom is -0.293 e. The number of carbonyl (C=O) groups excluding carboxylic acids is 1. The van der Waals surface area contributed by atoms with Crippen molar-refractivity contribution in [2.45, 2.75) is 59.3 Å². The van der Waals surface area contributed by atoms with Gasteiger partial charge in [0.15, 0.2) is 5.78 Å². The van der Waals surface area contributed by atoms with Gasteiger partial charge in [-0.3, -0.25) is 4.79 Å². The molecule has 0 amide bonds. The zero-order chi connectivity index (χ0) is 17.9. The lowest BCUT2D eigenvalue weighted by Gasteiger charge is -2.56. The molecule has 0 N–H and O–H groups in total. The van der Waals surface area contributed by atoms with E-state index >= 15 is 0 Å². The molecule has 0 saturated heterocycles. The Morgan fingerprint density at radius 2 is 2.16 bits per heavy atom. The van der Waals surface area contributed by atoms with Gasteiger partial charge in [0.05, 0.1) is 6.07 Å². The molecule has 25 heavy (non-hydrogen) atoms. The summed E-state index contributed by atoms with van der Waals surface area (Å²) in [6.07, 6.45) is 8.66. The monoisotopic (exact) mass is 337 g/mol. The smallest absolute Gasteiger partial charge is 0.172 e. The SMILES string of the molecule is C=C1C[C@H]2[C@H]3[C@H](CC[C@]2(C)[C@@H]1CC)[C@H]1CC(C#N)C(=O)C=C1C[C@H]3C. The highest BCUT2D eigenvalue weighted by Gasteiger charge is 2.58. The van der Waals surface area contributed by atoms with Crippen LogP contribution in [0.4, 0.5) is 0 Å². The lowest BCUT2D eigenvalue weighted by Crippen LogP contribution is -2.49. The van der Waals surface area contributed by atoms with Crippen molar-refractivity contribution in [3.05, 3.63) is 23.8 Å². The summed E-state index contributed by atoms with van der Waals surface area (Å²) < 4.78 is 0. The Balaban J connectivity index is 1.69. The molecule has 4 rings (SSSR count). The fourth-order valence-electron chi connectivity index (χ4n) is 7.53.